The molecule has 3 nitrogen and oxygen atoms in total. The molecule has 0 bridgehead atoms. The molecule has 0 aliphatic carbocycles. The Kier molecular flexibility index (Phi) is 4.66. The molecule has 0 amide bonds. The van der Waals surface area contributed by atoms with Crippen LogP contribution in [-0.2, 0) is 16.3 Å². The van der Waals surface area contributed by atoms with Gasteiger partial charge in [-0.25, -0.2) is 12.8 Å². The van der Waals surface area contributed by atoms with Crippen molar-refractivity contribution in [2.75, 3.05) is 6.26 Å². The van der Waals surface area contributed by atoms with E-state index < -0.39 is 21.8 Å². The van der Waals surface area contributed by atoms with Gasteiger partial charge in [-0.3, -0.25) is 0 Å². The van der Waals surface area contributed by atoms with Crippen molar-refractivity contribution >= 4 is 21.4 Å². The van der Waals surface area contributed by atoms with Gasteiger partial charge in [0, 0.05) is 12.7 Å². The molecule has 0 saturated carbocycles. The summed E-state index contributed by atoms with van der Waals surface area (Å²) in [6.45, 7) is 0. The Labute approximate surface area is 127 Å². The van der Waals surface area contributed by atoms with E-state index in [4.69, 9.17) is 11.6 Å². The van der Waals surface area contributed by atoms with E-state index in [1.807, 2.05) is 0 Å². The summed E-state index contributed by atoms with van der Waals surface area (Å²) in [6, 6.07) is 10.3. The molecule has 0 heterocycles. The van der Waals surface area contributed by atoms with E-state index in [9.17, 15) is 17.9 Å². The first-order chi connectivity index (χ1) is 9.77. The van der Waals surface area contributed by atoms with Crippen LogP contribution < -0.4 is 0 Å². The number of benzene rings is 2. The number of hydrogen-bond donors (Lipinski definition) is 1. The lowest BCUT2D eigenvalue weighted by atomic mass is 10.0. The van der Waals surface area contributed by atoms with Gasteiger partial charge in [0.25, 0.3) is 0 Å². The Balaban J connectivity index is 2.24. The van der Waals surface area contributed by atoms with E-state index in [0.717, 1.165) is 6.26 Å². The second-order valence-corrected chi connectivity index (χ2v) is 7.24. The minimum atomic E-state index is -3.33. The molecule has 0 radical (unpaired) electrons. The standard InChI is InChI=1S/C15H14ClFO3S/c1-21(19,20)12-4-2-3-11(9-12)15(18)8-10-5-6-14(17)13(16)7-10/h2-7,9,15,18H,8H2,1H3. The van der Waals surface area contributed by atoms with Crippen LogP contribution in [0.1, 0.15) is 17.2 Å². The zero-order chi connectivity index (χ0) is 15.6. The van der Waals surface area contributed by atoms with Crippen LogP contribution in [0.3, 0.4) is 0 Å². The minimum absolute atomic E-state index is 0.00964. The van der Waals surface area contributed by atoms with Gasteiger partial charge in [0.15, 0.2) is 9.84 Å². The van der Waals surface area contributed by atoms with Gasteiger partial charge in [-0.05, 0) is 35.4 Å². The first-order valence-electron chi connectivity index (χ1n) is 6.19. The van der Waals surface area contributed by atoms with E-state index in [2.05, 4.69) is 0 Å². The molecule has 0 aliphatic rings. The molecule has 2 aromatic carbocycles. The van der Waals surface area contributed by atoms with Crippen LogP contribution in [0.4, 0.5) is 4.39 Å². The highest BCUT2D eigenvalue weighted by Crippen LogP contribution is 2.23. The van der Waals surface area contributed by atoms with Gasteiger partial charge in [0.05, 0.1) is 16.0 Å². The van der Waals surface area contributed by atoms with Gasteiger partial charge in [0.1, 0.15) is 5.82 Å². The summed E-state index contributed by atoms with van der Waals surface area (Å²) >= 11 is 5.69. The molecule has 2 rings (SSSR count). The number of sulfone groups is 1. The van der Waals surface area contributed by atoms with E-state index >= 15 is 0 Å². The Hall–Kier alpha value is -1.43. The number of aliphatic hydroxyl groups is 1. The third-order valence-corrected chi connectivity index (χ3v) is 4.48. The average molecular weight is 329 g/mol. The number of halogens is 2. The summed E-state index contributed by atoms with van der Waals surface area (Å²) in [5.74, 6) is -0.519. The van der Waals surface area contributed by atoms with Crippen LogP contribution in [0.5, 0.6) is 0 Å². The van der Waals surface area contributed by atoms with Gasteiger partial charge < -0.3 is 5.11 Å². The third-order valence-electron chi connectivity index (χ3n) is 3.08. The van der Waals surface area contributed by atoms with Gasteiger partial charge in [-0.15, -0.1) is 0 Å². The predicted molar refractivity (Wildman–Crippen MR) is 79.6 cm³/mol. The fraction of sp³-hybridized carbons (Fsp3) is 0.200. The summed E-state index contributed by atoms with van der Waals surface area (Å²) in [5.41, 5.74) is 1.15. The van der Waals surface area contributed by atoms with Crippen LogP contribution in [0.15, 0.2) is 47.4 Å². The van der Waals surface area contributed by atoms with Crippen LogP contribution in [0.2, 0.25) is 5.02 Å². The molecular weight excluding hydrogens is 315 g/mol. The van der Waals surface area contributed by atoms with Crippen LogP contribution in [0.25, 0.3) is 0 Å². The fourth-order valence-corrected chi connectivity index (χ4v) is 2.84. The number of aliphatic hydroxyl groups excluding tert-OH is 1. The van der Waals surface area contributed by atoms with Gasteiger partial charge in [0.2, 0.25) is 0 Å². The lowest BCUT2D eigenvalue weighted by molar-refractivity contribution is 0.178. The summed E-state index contributed by atoms with van der Waals surface area (Å²) in [7, 11) is -3.33. The van der Waals surface area contributed by atoms with Crippen molar-refractivity contribution < 1.29 is 17.9 Å². The molecule has 1 N–H and O–H groups in total. The highest BCUT2D eigenvalue weighted by atomic mass is 35.5. The minimum Gasteiger partial charge on any atom is -0.388 e. The quantitative estimate of drug-likeness (QED) is 0.938. The number of hydrogen-bond acceptors (Lipinski definition) is 3. The van der Waals surface area contributed by atoms with Crippen molar-refractivity contribution in [2.45, 2.75) is 17.4 Å². The Morgan fingerprint density at radius 1 is 1.24 bits per heavy atom. The van der Waals surface area contributed by atoms with Crippen molar-refractivity contribution in [1.29, 1.82) is 0 Å². The smallest absolute Gasteiger partial charge is 0.175 e. The third kappa shape index (κ3) is 4.03. The monoisotopic (exact) mass is 328 g/mol. The second-order valence-electron chi connectivity index (χ2n) is 4.81. The average Bonchev–Trinajstić information content (AvgIpc) is 2.42. The molecule has 0 aromatic heterocycles. The summed E-state index contributed by atoms with van der Waals surface area (Å²) in [6.07, 6.45) is 0.430. The molecule has 0 fully saturated rings. The SMILES string of the molecule is CS(=O)(=O)c1cccc(C(O)Cc2ccc(F)c(Cl)c2)c1. The van der Waals surface area contributed by atoms with Crippen molar-refractivity contribution in [3.05, 3.63) is 64.4 Å². The topological polar surface area (TPSA) is 54.4 Å². The van der Waals surface area contributed by atoms with E-state index in [1.54, 1.807) is 12.1 Å². The maximum absolute atomic E-state index is 13.1. The molecule has 0 spiro atoms. The molecule has 112 valence electrons. The zero-order valence-electron chi connectivity index (χ0n) is 11.3. The maximum Gasteiger partial charge on any atom is 0.175 e. The van der Waals surface area contributed by atoms with Gasteiger partial charge in [-0.2, -0.15) is 0 Å². The van der Waals surface area contributed by atoms with Crippen LogP contribution >= 0.6 is 11.6 Å². The molecule has 21 heavy (non-hydrogen) atoms. The zero-order valence-corrected chi connectivity index (χ0v) is 12.8. The van der Waals surface area contributed by atoms with Crippen molar-refractivity contribution in [2.24, 2.45) is 0 Å². The lowest BCUT2D eigenvalue weighted by Crippen LogP contribution is -2.04. The fourth-order valence-electron chi connectivity index (χ4n) is 1.96. The van der Waals surface area contributed by atoms with Crippen LogP contribution in [0, 0.1) is 5.82 Å². The van der Waals surface area contributed by atoms with E-state index in [1.165, 1.54) is 30.3 Å². The normalized spacial score (nSPS) is 13.1. The molecule has 6 heteroatoms. The number of rotatable bonds is 4. The second kappa shape index (κ2) is 6.13. The first kappa shape index (κ1) is 15.9. The van der Waals surface area contributed by atoms with Crippen molar-refractivity contribution in [3.8, 4) is 0 Å². The van der Waals surface area contributed by atoms with Gasteiger partial charge >= 0.3 is 0 Å². The van der Waals surface area contributed by atoms with E-state index in [0.29, 0.717) is 11.1 Å². The Morgan fingerprint density at radius 3 is 2.57 bits per heavy atom. The van der Waals surface area contributed by atoms with Crippen molar-refractivity contribution in [1.82, 2.24) is 0 Å². The predicted octanol–water partition coefficient (Wildman–Crippen LogP) is 3.16. The summed E-state index contributed by atoms with van der Waals surface area (Å²) in [5, 5.41) is 10.2. The maximum atomic E-state index is 13.1. The molecule has 0 saturated heterocycles. The first-order valence-corrected chi connectivity index (χ1v) is 8.46. The van der Waals surface area contributed by atoms with Crippen LogP contribution in [-0.4, -0.2) is 19.8 Å². The molecule has 2 aromatic rings. The summed E-state index contributed by atoms with van der Waals surface area (Å²) in [4.78, 5) is 0.149. The molecule has 1 atom stereocenters. The lowest BCUT2D eigenvalue weighted by Gasteiger charge is -2.12. The highest BCUT2D eigenvalue weighted by molar-refractivity contribution is 7.90. The Morgan fingerprint density at radius 2 is 1.95 bits per heavy atom. The Bertz CT molecular complexity index is 759. The van der Waals surface area contributed by atoms with E-state index in [-0.39, 0.29) is 16.3 Å². The molecular formula is C15H14ClFO3S. The molecule has 1 unspecified atom stereocenters. The summed E-state index contributed by atoms with van der Waals surface area (Å²) < 4.78 is 36.1. The largest absolute Gasteiger partial charge is 0.388 e. The molecule has 0 aliphatic heterocycles. The highest BCUT2D eigenvalue weighted by Gasteiger charge is 2.13. The van der Waals surface area contributed by atoms with Crippen molar-refractivity contribution in [3.63, 3.8) is 0 Å². The van der Waals surface area contributed by atoms with Gasteiger partial charge in [-0.1, -0.05) is 29.8 Å².